The second kappa shape index (κ2) is 8.27. The molecule has 0 saturated carbocycles. The maximum atomic E-state index is 4.92. The summed E-state index contributed by atoms with van der Waals surface area (Å²) in [5.74, 6) is 1.21. The molecule has 3 heteroatoms. The molecule has 0 spiro atoms. The fraction of sp³-hybridized carbons (Fsp3) is 1.00. The van der Waals surface area contributed by atoms with Crippen LogP contribution in [0.25, 0.3) is 0 Å². The van der Waals surface area contributed by atoms with Crippen LogP contribution in [-0.4, -0.2) is 25.2 Å². The Morgan fingerprint density at radius 2 is 2.33 bits per heavy atom. The Labute approximate surface area is 61.3 Å². The van der Waals surface area contributed by atoms with E-state index in [0.717, 1.165) is 13.2 Å². The molecule has 0 aliphatic heterocycles. The summed E-state index contributed by atoms with van der Waals surface area (Å²) in [5, 5.41) is 0. The Balaban J connectivity index is 2.60. The van der Waals surface area contributed by atoms with Gasteiger partial charge in [-0.1, -0.05) is 0 Å². The lowest BCUT2D eigenvalue weighted by Crippen LogP contribution is -2.15. The molecule has 0 saturated heterocycles. The lowest BCUT2D eigenvalue weighted by atomic mass is 10.5. The monoisotopic (exact) mass is 149 g/mol. The third-order valence-electron chi connectivity index (χ3n) is 0.874. The van der Waals surface area contributed by atoms with Gasteiger partial charge in [0.25, 0.3) is 0 Å². The highest BCUT2D eigenvalue weighted by atomic mass is 32.2. The zero-order valence-corrected chi connectivity index (χ0v) is 6.96. The maximum Gasteiger partial charge on any atom is 0.0653 e. The molecule has 0 aliphatic carbocycles. The first-order valence-electron chi connectivity index (χ1n) is 3.25. The summed E-state index contributed by atoms with van der Waals surface area (Å²) in [7, 11) is 0. The van der Waals surface area contributed by atoms with Gasteiger partial charge in [-0.2, -0.15) is 11.8 Å². The van der Waals surface area contributed by atoms with Crippen molar-refractivity contribution in [3.8, 4) is 0 Å². The third kappa shape index (κ3) is 8.27. The molecule has 0 aliphatic rings. The van der Waals surface area contributed by atoms with Crippen LogP contribution in [-0.2, 0) is 4.84 Å². The van der Waals surface area contributed by atoms with Gasteiger partial charge in [0.2, 0.25) is 0 Å². The van der Waals surface area contributed by atoms with E-state index in [2.05, 4.69) is 11.7 Å². The molecule has 0 bridgehead atoms. The molecule has 2 nitrogen and oxygen atoms in total. The Kier molecular flexibility index (Phi) is 8.52. The van der Waals surface area contributed by atoms with E-state index in [0.29, 0.717) is 0 Å². The molecule has 0 heterocycles. The summed E-state index contributed by atoms with van der Waals surface area (Å²) < 4.78 is 0. The molecule has 0 rings (SSSR count). The molecule has 0 fully saturated rings. The topological polar surface area (TPSA) is 21.3 Å². The number of hydrogen-bond acceptors (Lipinski definition) is 3. The zero-order chi connectivity index (χ0) is 6.95. The van der Waals surface area contributed by atoms with Gasteiger partial charge < -0.3 is 4.84 Å². The van der Waals surface area contributed by atoms with Crippen molar-refractivity contribution in [2.24, 2.45) is 0 Å². The summed E-state index contributed by atoms with van der Waals surface area (Å²) in [4.78, 5) is 4.92. The van der Waals surface area contributed by atoms with Gasteiger partial charge in [0.15, 0.2) is 0 Å². The number of thioether (sulfide) groups is 1. The summed E-state index contributed by atoms with van der Waals surface area (Å²) in [5.41, 5.74) is 2.86. The Hall–Kier alpha value is 0.270. The molecule has 0 aromatic rings. The Morgan fingerprint density at radius 3 is 2.89 bits per heavy atom. The number of hydroxylamine groups is 1. The van der Waals surface area contributed by atoms with Crippen molar-refractivity contribution >= 4 is 11.8 Å². The number of nitrogens with one attached hydrogen (secondary N) is 1. The molecule has 0 aromatic carbocycles. The summed E-state index contributed by atoms with van der Waals surface area (Å²) in [6, 6.07) is 0. The fourth-order valence-electron chi connectivity index (χ4n) is 0.463. The van der Waals surface area contributed by atoms with Crippen LogP contribution < -0.4 is 5.48 Å². The van der Waals surface area contributed by atoms with Gasteiger partial charge >= 0.3 is 0 Å². The summed E-state index contributed by atoms with van der Waals surface area (Å²) in [6.07, 6.45) is 3.29. The summed E-state index contributed by atoms with van der Waals surface area (Å²) >= 11 is 1.86. The molecule has 0 radical (unpaired) electrons. The molecule has 0 atom stereocenters. The zero-order valence-electron chi connectivity index (χ0n) is 6.14. The van der Waals surface area contributed by atoms with Crippen molar-refractivity contribution in [1.29, 1.82) is 0 Å². The van der Waals surface area contributed by atoms with Crippen LogP contribution in [0, 0.1) is 0 Å². The molecule has 0 aromatic heterocycles. The predicted octanol–water partition coefficient (Wildman–Crippen LogP) is 1.28. The molecule has 0 unspecified atom stereocenters. The highest BCUT2D eigenvalue weighted by Crippen LogP contribution is 1.92. The maximum absolute atomic E-state index is 4.92. The molecular formula is C6H15NOS. The molecule has 1 N–H and O–H groups in total. The van der Waals surface area contributed by atoms with Crippen LogP contribution in [0.15, 0.2) is 0 Å². The van der Waals surface area contributed by atoms with E-state index in [4.69, 9.17) is 4.84 Å². The van der Waals surface area contributed by atoms with Crippen molar-refractivity contribution in [3.63, 3.8) is 0 Å². The van der Waals surface area contributed by atoms with E-state index >= 15 is 0 Å². The quantitative estimate of drug-likeness (QED) is 0.454. The lowest BCUT2D eigenvalue weighted by molar-refractivity contribution is 0.0514. The first-order chi connectivity index (χ1) is 4.41. The number of rotatable bonds is 6. The third-order valence-corrected chi connectivity index (χ3v) is 1.57. The van der Waals surface area contributed by atoms with Crippen LogP contribution in [0.2, 0.25) is 0 Å². The van der Waals surface area contributed by atoms with Gasteiger partial charge in [0.1, 0.15) is 0 Å². The predicted molar refractivity (Wildman–Crippen MR) is 42.6 cm³/mol. The van der Waals surface area contributed by atoms with Crippen molar-refractivity contribution in [2.75, 3.05) is 25.2 Å². The van der Waals surface area contributed by atoms with Gasteiger partial charge in [-0.15, -0.1) is 0 Å². The second-order valence-corrected chi connectivity index (χ2v) is 2.66. The van der Waals surface area contributed by atoms with Crippen LogP contribution in [0.4, 0.5) is 0 Å². The van der Waals surface area contributed by atoms with Gasteiger partial charge in [0.05, 0.1) is 6.61 Å². The molecule has 0 amide bonds. The van der Waals surface area contributed by atoms with E-state index in [9.17, 15) is 0 Å². The fourth-order valence-corrected chi connectivity index (χ4v) is 0.896. The van der Waals surface area contributed by atoms with Crippen LogP contribution >= 0.6 is 11.8 Å². The highest BCUT2D eigenvalue weighted by Gasteiger charge is 1.83. The van der Waals surface area contributed by atoms with E-state index < -0.39 is 0 Å². The van der Waals surface area contributed by atoms with Crippen molar-refractivity contribution < 1.29 is 4.84 Å². The van der Waals surface area contributed by atoms with Gasteiger partial charge in [-0.25, -0.2) is 5.48 Å². The van der Waals surface area contributed by atoms with E-state index in [1.165, 1.54) is 12.2 Å². The van der Waals surface area contributed by atoms with Crippen LogP contribution in [0.3, 0.4) is 0 Å². The molecule has 9 heavy (non-hydrogen) atoms. The van der Waals surface area contributed by atoms with E-state index in [-0.39, 0.29) is 0 Å². The Bertz CT molecular complexity index is 46.3. The minimum absolute atomic E-state index is 0.749. The largest absolute Gasteiger partial charge is 0.302 e. The first kappa shape index (κ1) is 9.27. The van der Waals surface area contributed by atoms with Crippen molar-refractivity contribution in [2.45, 2.75) is 13.3 Å². The average Bonchev–Trinajstić information content (AvgIpc) is 1.89. The van der Waals surface area contributed by atoms with E-state index in [1.54, 1.807) is 0 Å². The van der Waals surface area contributed by atoms with Crippen molar-refractivity contribution in [1.82, 2.24) is 5.48 Å². The second-order valence-electron chi connectivity index (χ2n) is 1.67. The number of hydrogen-bond donors (Lipinski definition) is 1. The van der Waals surface area contributed by atoms with Gasteiger partial charge in [-0.05, 0) is 25.4 Å². The normalized spacial score (nSPS) is 10.0. The van der Waals surface area contributed by atoms with Crippen LogP contribution in [0.5, 0.6) is 0 Å². The average molecular weight is 149 g/mol. The minimum Gasteiger partial charge on any atom is -0.302 e. The molecule has 56 valence electrons. The lowest BCUT2D eigenvalue weighted by Gasteiger charge is -2.00. The Morgan fingerprint density at radius 1 is 1.56 bits per heavy atom. The smallest absolute Gasteiger partial charge is 0.0653 e. The minimum atomic E-state index is 0.749. The van der Waals surface area contributed by atoms with Crippen LogP contribution in [0.1, 0.15) is 13.3 Å². The standard InChI is InChI=1S/C6H15NOS/c1-3-8-7-5-4-6-9-2/h7H,3-6H2,1-2H3. The van der Waals surface area contributed by atoms with Gasteiger partial charge in [0, 0.05) is 6.54 Å². The van der Waals surface area contributed by atoms with Gasteiger partial charge in [-0.3, -0.25) is 0 Å². The molecular weight excluding hydrogens is 134 g/mol. The van der Waals surface area contributed by atoms with Crippen molar-refractivity contribution in [3.05, 3.63) is 0 Å². The SMILES string of the molecule is CCONCCCSC. The first-order valence-corrected chi connectivity index (χ1v) is 4.64. The highest BCUT2D eigenvalue weighted by molar-refractivity contribution is 7.98. The summed E-state index contributed by atoms with van der Waals surface area (Å²) in [6.45, 7) is 3.69. The van der Waals surface area contributed by atoms with E-state index in [1.807, 2.05) is 18.7 Å².